The Balaban J connectivity index is 1.88. The Morgan fingerprint density at radius 3 is 2.27 bits per heavy atom. The molecular formula is C20H20N4O2. The van der Waals surface area contributed by atoms with Crippen LogP contribution in [-0.2, 0) is 4.79 Å². The highest BCUT2D eigenvalue weighted by Crippen LogP contribution is 2.22. The fourth-order valence-electron chi connectivity index (χ4n) is 2.74. The molecule has 0 saturated heterocycles. The minimum atomic E-state index is -0.828. The molecule has 2 aromatic carbocycles. The van der Waals surface area contributed by atoms with E-state index in [0.717, 1.165) is 16.8 Å². The van der Waals surface area contributed by atoms with Crippen LogP contribution < -0.4 is 10.6 Å². The van der Waals surface area contributed by atoms with Gasteiger partial charge in [0, 0.05) is 11.9 Å². The van der Waals surface area contributed by atoms with E-state index in [-0.39, 0.29) is 5.91 Å². The summed E-state index contributed by atoms with van der Waals surface area (Å²) in [5.74, 6) is -0.700. The van der Waals surface area contributed by atoms with Gasteiger partial charge in [-0.3, -0.25) is 14.7 Å². The van der Waals surface area contributed by atoms with Gasteiger partial charge in [0.25, 0.3) is 11.8 Å². The first kappa shape index (κ1) is 17.4. The maximum Gasteiger partial charge on any atom is 0.270 e. The monoisotopic (exact) mass is 348 g/mol. The minimum Gasteiger partial charge on any atom is -0.335 e. The first-order chi connectivity index (χ1) is 12.6. The number of nitrogens with one attached hydrogen (secondary N) is 3. The molecule has 0 bridgehead atoms. The highest BCUT2D eigenvalue weighted by molar-refractivity contribution is 6.01. The molecule has 132 valence electrons. The van der Waals surface area contributed by atoms with Gasteiger partial charge in [-0.1, -0.05) is 48.5 Å². The number of nitrogens with zero attached hydrogens (tertiary/aromatic N) is 1. The van der Waals surface area contributed by atoms with Crippen LogP contribution in [0.2, 0.25) is 0 Å². The first-order valence-electron chi connectivity index (χ1n) is 8.28. The summed E-state index contributed by atoms with van der Waals surface area (Å²) in [6, 6.07) is 15.7. The van der Waals surface area contributed by atoms with Crippen LogP contribution in [0.25, 0.3) is 0 Å². The molecule has 3 rings (SSSR count). The van der Waals surface area contributed by atoms with Crippen molar-refractivity contribution in [3.8, 4) is 0 Å². The number of aromatic nitrogens is 2. The molecule has 26 heavy (non-hydrogen) atoms. The molecule has 2 amide bonds. The third kappa shape index (κ3) is 3.80. The van der Waals surface area contributed by atoms with Crippen LogP contribution in [0, 0.1) is 13.8 Å². The van der Waals surface area contributed by atoms with Crippen LogP contribution in [0.5, 0.6) is 0 Å². The Labute approximate surface area is 151 Å². The highest BCUT2D eigenvalue weighted by atomic mass is 16.2. The van der Waals surface area contributed by atoms with Crippen molar-refractivity contribution in [3.63, 3.8) is 0 Å². The van der Waals surface area contributed by atoms with E-state index in [1.165, 1.54) is 6.20 Å². The van der Waals surface area contributed by atoms with Gasteiger partial charge < -0.3 is 10.6 Å². The fraction of sp³-hybridized carbons (Fsp3) is 0.150. The summed E-state index contributed by atoms with van der Waals surface area (Å²) in [6.07, 6.45) is 1.49. The minimum absolute atomic E-state index is 0.297. The normalized spacial score (nSPS) is 11.6. The van der Waals surface area contributed by atoms with Gasteiger partial charge in [-0.25, -0.2) is 0 Å². The summed E-state index contributed by atoms with van der Waals surface area (Å²) in [7, 11) is 0. The van der Waals surface area contributed by atoms with E-state index in [9.17, 15) is 9.59 Å². The topological polar surface area (TPSA) is 86.9 Å². The Bertz CT molecular complexity index is 885. The van der Waals surface area contributed by atoms with E-state index in [0.29, 0.717) is 11.3 Å². The highest BCUT2D eigenvalue weighted by Gasteiger charge is 2.24. The van der Waals surface area contributed by atoms with Crippen molar-refractivity contribution in [2.45, 2.75) is 19.9 Å². The Morgan fingerprint density at radius 2 is 1.65 bits per heavy atom. The summed E-state index contributed by atoms with van der Waals surface area (Å²) >= 11 is 0. The lowest BCUT2D eigenvalue weighted by Gasteiger charge is -2.20. The second-order valence-corrected chi connectivity index (χ2v) is 6.04. The predicted octanol–water partition coefficient (Wildman–Crippen LogP) is 3.14. The first-order valence-corrected chi connectivity index (χ1v) is 8.28. The van der Waals surface area contributed by atoms with Gasteiger partial charge in [0.1, 0.15) is 11.7 Å². The van der Waals surface area contributed by atoms with E-state index in [4.69, 9.17) is 0 Å². The molecule has 0 fully saturated rings. The molecule has 0 aliphatic carbocycles. The van der Waals surface area contributed by atoms with E-state index in [2.05, 4.69) is 20.8 Å². The molecule has 1 heterocycles. The molecule has 1 aromatic heterocycles. The largest absolute Gasteiger partial charge is 0.335 e. The summed E-state index contributed by atoms with van der Waals surface area (Å²) in [4.78, 5) is 25.4. The lowest BCUT2D eigenvalue weighted by molar-refractivity contribution is -0.118. The number of hydrogen-bond acceptors (Lipinski definition) is 3. The fourth-order valence-corrected chi connectivity index (χ4v) is 2.74. The average Bonchev–Trinajstić information content (AvgIpc) is 3.18. The number of amides is 2. The quantitative estimate of drug-likeness (QED) is 0.662. The van der Waals surface area contributed by atoms with Crippen molar-refractivity contribution in [1.29, 1.82) is 0 Å². The summed E-state index contributed by atoms with van der Waals surface area (Å²) in [5.41, 5.74) is 3.68. The molecule has 0 saturated carbocycles. The number of rotatable bonds is 5. The predicted molar refractivity (Wildman–Crippen MR) is 99.8 cm³/mol. The second-order valence-electron chi connectivity index (χ2n) is 6.04. The molecule has 6 nitrogen and oxygen atoms in total. The summed E-state index contributed by atoms with van der Waals surface area (Å²) in [5, 5.41) is 12.1. The molecule has 0 aliphatic heterocycles. The lowest BCUT2D eigenvalue weighted by Crippen LogP contribution is -2.37. The lowest BCUT2D eigenvalue weighted by atomic mass is 10.0. The molecule has 1 unspecified atom stereocenters. The number of hydrogen-bond donors (Lipinski definition) is 3. The second kappa shape index (κ2) is 7.65. The Kier molecular flexibility index (Phi) is 5.12. The van der Waals surface area contributed by atoms with Crippen LogP contribution in [0.15, 0.2) is 60.8 Å². The molecule has 3 N–H and O–H groups in total. The average molecular weight is 348 g/mol. The van der Waals surface area contributed by atoms with Gasteiger partial charge in [0.05, 0.1) is 0 Å². The van der Waals surface area contributed by atoms with Crippen LogP contribution in [0.1, 0.15) is 33.2 Å². The molecule has 6 heteroatoms. The number of anilines is 1. The zero-order valence-corrected chi connectivity index (χ0v) is 14.6. The third-order valence-electron chi connectivity index (χ3n) is 4.15. The van der Waals surface area contributed by atoms with Crippen molar-refractivity contribution in [2.75, 3.05) is 5.32 Å². The van der Waals surface area contributed by atoms with Crippen LogP contribution in [-0.4, -0.2) is 22.0 Å². The number of aryl methyl sites for hydroxylation is 2. The SMILES string of the molecule is Cc1cccc(C)c1NC(=O)C(NC(=O)c1ccn[nH]1)c1ccccc1. The van der Waals surface area contributed by atoms with Crippen molar-refractivity contribution in [1.82, 2.24) is 15.5 Å². The summed E-state index contributed by atoms with van der Waals surface area (Å²) < 4.78 is 0. The van der Waals surface area contributed by atoms with Crippen molar-refractivity contribution >= 4 is 17.5 Å². The standard InChI is InChI=1S/C20H20N4O2/c1-13-7-6-8-14(2)17(13)22-20(26)18(15-9-4-3-5-10-15)23-19(25)16-11-12-21-24-16/h3-12,18H,1-2H3,(H,21,24)(H,22,26)(H,23,25). The van der Waals surface area contributed by atoms with Crippen molar-refractivity contribution in [2.24, 2.45) is 0 Å². The zero-order chi connectivity index (χ0) is 18.5. The van der Waals surface area contributed by atoms with Gasteiger partial charge in [-0.05, 0) is 36.6 Å². The maximum atomic E-state index is 13.0. The number of benzene rings is 2. The maximum absolute atomic E-state index is 13.0. The van der Waals surface area contributed by atoms with Crippen LogP contribution in [0.4, 0.5) is 5.69 Å². The molecule has 0 spiro atoms. The third-order valence-corrected chi connectivity index (χ3v) is 4.15. The van der Waals surface area contributed by atoms with Crippen molar-refractivity contribution in [3.05, 3.63) is 83.2 Å². The van der Waals surface area contributed by atoms with Crippen LogP contribution >= 0.6 is 0 Å². The van der Waals surface area contributed by atoms with E-state index >= 15 is 0 Å². The molecule has 3 aromatic rings. The Hall–Kier alpha value is -3.41. The van der Waals surface area contributed by atoms with E-state index < -0.39 is 11.9 Å². The Morgan fingerprint density at radius 1 is 0.962 bits per heavy atom. The molecule has 0 aliphatic rings. The zero-order valence-electron chi connectivity index (χ0n) is 14.6. The van der Waals surface area contributed by atoms with Crippen LogP contribution in [0.3, 0.4) is 0 Å². The van der Waals surface area contributed by atoms with Gasteiger partial charge in [0.2, 0.25) is 0 Å². The number of carbonyl (C=O) groups is 2. The van der Waals surface area contributed by atoms with Gasteiger partial charge in [-0.15, -0.1) is 0 Å². The number of aromatic amines is 1. The van der Waals surface area contributed by atoms with Crippen molar-refractivity contribution < 1.29 is 9.59 Å². The smallest absolute Gasteiger partial charge is 0.270 e. The number of para-hydroxylation sites is 1. The number of H-pyrrole nitrogens is 1. The summed E-state index contributed by atoms with van der Waals surface area (Å²) in [6.45, 7) is 3.87. The van der Waals surface area contributed by atoms with Gasteiger partial charge in [-0.2, -0.15) is 5.10 Å². The van der Waals surface area contributed by atoms with E-state index in [1.54, 1.807) is 6.07 Å². The molecule has 0 radical (unpaired) electrons. The molecule has 1 atom stereocenters. The van der Waals surface area contributed by atoms with E-state index in [1.807, 2.05) is 62.4 Å². The van der Waals surface area contributed by atoms with Gasteiger partial charge in [0.15, 0.2) is 0 Å². The number of carbonyl (C=O) groups excluding carboxylic acids is 2. The molecular weight excluding hydrogens is 328 g/mol. The van der Waals surface area contributed by atoms with Gasteiger partial charge >= 0.3 is 0 Å².